The van der Waals surface area contributed by atoms with E-state index in [1.807, 2.05) is 6.08 Å². The van der Waals surface area contributed by atoms with Gasteiger partial charge in [0.15, 0.2) is 0 Å². The Morgan fingerprint density at radius 1 is 1.29 bits per heavy atom. The van der Waals surface area contributed by atoms with Gasteiger partial charge in [-0.2, -0.15) is 0 Å². The molecule has 0 aromatic heterocycles. The molecule has 2 rings (SSSR count). The number of nitrogens with one attached hydrogen (secondary N) is 1. The summed E-state index contributed by atoms with van der Waals surface area (Å²) >= 11 is 0. The summed E-state index contributed by atoms with van der Waals surface area (Å²) in [5.41, 5.74) is 2.50. The van der Waals surface area contributed by atoms with Gasteiger partial charge in [0.25, 0.3) is 0 Å². The van der Waals surface area contributed by atoms with Crippen LogP contribution in [-0.2, 0) is 0 Å². The van der Waals surface area contributed by atoms with Crippen molar-refractivity contribution in [2.75, 3.05) is 31.1 Å². The normalized spacial score (nSPS) is 16.7. The average Bonchev–Trinajstić information content (AvgIpc) is 2.30. The Balaban J connectivity index is 2.17. The molecule has 1 N–H and O–H groups in total. The lowest BCUT2D eigenvalue weighted by Crippen LogP contribution is -2.43. The third-order valence-corrected chi connectivity index (χ3v) is 2.59. The number of piperazine rings is 1. The molecule has 0 amide bonds. The zero-order valence-electron chi connectivity index (χ0n) is 8.37. The second-order valence-electron chi connectivity index (χ2n) is 3.54. The predicted octanol–water partition coefficient (Wildman–Crippen LogP) is 1.74. The van der Waals surface area contributed by atoms with Crippen molar-refractivity contribution in [2.24, 2.45) is 0 Å². The Kier molecular flexibility index (Phi) is 2.84. The number of hydrogen-bond donors (Lipinski definition) is 1. The smallest absolute Gasteiger partial charge is 0.0373 e. The SMILES string of the molecule is C=Cc1cccc(N2CCNCC2)c1. The van der Waals surface area contributed by atoms with E-state index in [1.54, 1.807) is 0 Å². The lowest BCUT2D eigenvalue weighted by molar-refractivity contribution is 0.589. The van der Waals surface area contributed by atoms with E-state index in [2.05, 4.69) is 41.1 Å². The van der Waals surface area contributed by atoms with E-state index in [0.717, 1.165) is 26.2 Å². The number of anilines is 1. The highest BCUT2D eigenvalue weighted by molar-refractivity contribution is 5.57. The van der Waals surface area contributed by atoms with Gasteiger partial charge in [-0.05, 0) is 17.7 Å². The maximum atomic E-state index is 3.79. The van der Waals surface area contributed by atoms with E-state index in [-0.39, 0.29) is 0 Å². The average molecular weight is 188 g/mol. The molecular weight excluding hydrogens is 172 g/mol. The zero-order valence-corrected chi connectivity index (χ0v) is 8.37. The van der Waals surface area contributed by atoms with Gasteiger partial charge in [-0.15, -0.1) is 0 Å². The van der Waals surface area contributed by atoms with Crippen LogP contribution in [0.5, 0.6) is 0 Å². The first-order valence-electron chi connectivity index (χ1n) is 5.08. The van der Waals surface area contributed by atoms with Gasteiger partial charge in [0, 0.05) is 31.9 Å². The molecular formula is C12H16N2. The van der Waals surface area contributed by atoms with Gasteiger partial charge in [0.2, 0.25) is 0 Å². The summed E-state index contributed by atoms with van der Waals surface area (Å²) in [6, 6.07) is 8.53. The standard InChI is InChI=1S/C12H16N2/c1-2-11-4-3-5-12(10-11)14-8-6-13-7-9-14/h2-5,10,13H,1,6-9H2. The first-order chi connectivity index (χ1) is 6.90. The zero-order chi connectivity index (χ0) is 9.80. The van der Waals surface area contributed by atoms with Crippen molar-refractivity contribution in [3.8, 4) is 0 Å². The number of rotatable bonds is 2. The van der Waals surface area contributed by atoms with Crippen LogP contribution in [0.2, 0.25) is 0 Å². The maximum absolute atomic E-state index is 3.79. The molecule has 1 aliphatic heterocycles. The van der Waals surface area contributed by atoms with Crippen LogP contribution in [0.25, 0.3) is 6.08 Å². The molecule has 0 atom stereocenters. The van der Waals surface area contributed by atoms with Crippen LogP contribution in [0.3, 0.4) is 0 Å². The van der Waals surface area contributed by atoms with Crippen molar-refractivity contribution >= 4 is 11.8 Å². The molecule has 2 nitrogen and oxygen atoms in total. The second-order valence-corrected chi connectivity index (χ2v) is 3.54. The Bertz CT molecular complexity index is 314. The molecule has 1 heterocycles. The van der Waals surface area contributed by atoms with Crippen LogP contribution in [0.1, 0.15) is 5.56 Å². The summed E-state index contributed by atoms with van der Waals surface area (Å²) in [4.78, 5) is 2.41. The minimum absolute atomic E-state index is 1.08. The molecule has 1 fully saturated rings. The molecule has 0 aliphatic carbocycles. The molecule has 14 heavy (non-hydrogen) atoms. The lowest BCUT2D eigenvalue weighted by atomic mass is 10.2. The second kappa shape index (κ2) is 4.29. The number of benzene rings is 1. The Hall–Kier alpha value is -1.28. The van der Waals surface area contributed by atoms with Crippen LogP contribution >= 0.6 is 0 Å². The van der Waals surface area contributed by atoms with Crippen molar-refractivity contribution in [2.45, 2.75) is 0 Å². The van der Waals surface area contributed by atoms with Crippen LogP contribution < -0.4 is 10.2 Å². The monoisotopic (exact) mass is 188 g/mol. The largest absolute Gasteiger partial charge is 0.369 e. The van der Waals surface area contributed by atoms with E-state index in [4.69, 9.17) is 0 Å². The molecule has 0 unspecified atom stereocenters. The Morgan fingerprint density at radius 2 is 2.07 bits per heavy atom. The van der Waals surface area contributed by atoms with Crippen molar-refractivity contribution in [1.82, 2.24) is 5.32 Å². The first-order valence-corrected chi connectivity index (χ1v) is 5.08. The Morgan fingerprint density at radius 3 is 2.79 bits per heavy atom. The summed E-state index contributed by atoms with van der Waals surface area (Å²) in [6.45, 7) is 8.15. The molecule has 1 aromatic carbocycles. The van der Waals surface area contributed by atoms with E-state index in [9.17, 15) is 0 Å². The minimum atomic E-state index is 1.08. The molecule has 1 aliphatic rings. The molecule has 74 valence electrons. The van der Waals surface area contributed by atoms with E-state index >= 15 is 0 Å². The fourth-order valence-corrected chi connectivity index (χ4v) is 1.77. The van der Waals surface area contributed by atoms with Gasteiger partial charge < -0.3 is 10.2 Å². The third kappa shape index (κ3) is 1.96. The molecule has 0 spiro atoms. The molecule has 0 saturated carbocycles. The fourth-order valence-electron chi connectivity index (χ4n) is 1.77. The molecule has 0 radical (unpaired) electrons. The fraction of sp³-hybridized carbons (Fsp3) is 0.333. The van der Waals surface area contributed by atoms with Crippen molar-refractivity contribution in [3.05, 3.63) is 36.4 Å². The van der Waals surface area contributed by atoms with E-state index in [0.29, 0.717) is 0 Å². The van der Waals surface area contributed by atoms with Crippen LogP contribution in [0.15, 0.2) is 30.8 Å². The minimum Gasteiger partial charge on any atom is -0.369 e. The van der Waals surface area contributed by atoms with Crippen molar-refractivity contribution in [3.63, 3.8) is 0 Å². The van der Waals surface area contributed by atoms with Gasteiger partial charge in [0.05, 0.1) is 0 Å². The third-order valence-electron chi connectivity index (χ3n) is 2.59. The highest BCUT2D eigenvalue weighted by Gasteiger charge is 2.09. The maximum Gasteiger partial charge on any atom is 0.0373 e. The molecule has 0 bridgehead atoms. The van der Waals surface area contributed by atoms with Crippen LogP contribution in [0.4, 0.5) is 5.69 Å². The first kappa shape index (κ1) is 9.28. The number of nitrogens with zero attached hydrogens (tertiary/aromatic N) is 1. The molecule has 1 saturated heterocycles. The van der Waals surface area contributed by atoms with Gasteiger partial charge in [-0.25, -0.2) is 0 Å². The van der Waals surface area contributed by atoms with Crippen LogP contribution in [-0.4, -0.2) is 26.2 Å². The highest BCUT2D eigenvalue weighted by atomic mass is 15.2. The summed E-state index contributed by atoms with van der Waals surface area (Å²) < 4.78 is 0. The van der Waals surface area contributed by atoms with Gasteiger partial charge >= 0.3 is 0 Å². The van der Waals surface area contributed by atoms with Gasteiger partial charge in [-0.1, -0.05) is 24.8 Å². The summed E-state index contributed by atoms with van der Waals surface area (Å²) in [5.74, 6) is 0. The van der Waals surface area contributed by atoms with Crippen LogP contribution in [0, 0.1) is 0 Å². The van der Waals surface area contributed by atoms with Crippen molar-refractivity contribution in [1.29, 1.82) is 0 Å². The van der Waals surface area contributed by atoms with Crippen molar-refractivity contribution < 1.29 is 0 Å². The number of hydrogen-bond acceptors (Lipinski definition) is 2. The highest BCUT2D eigenvalue weighted by Crippen LogP contribution is 2.16. The molecule has 1 aromatic rings. The molecule has 2 heteroatoms. The summed E-state index contributed by atoms with van der Waals surface area (Å²) in [7, 11) is 0. The topological polar surface area (TPSA) is 15.3 Å². The lowest BCUT2D eigenvalue weighted by Gasteiger charge is -2.29. The van der Waals surface area contributed by atoms with Gasteiger partial charge in [0.1, 0.15) is 0 Å². The summed E-state index contributed by atoms with van der Waals surface area (Å²) in [5, 5.41) is 3.35. The van der Waals surface area contributed by atoms with Gasteiger partial charge in [-0.3, -0.25) is 0 Å². The van der Waals surface area contributed by atoms with E-state index < -0.39 is 0 Å². The predicted molar refractivity (Wildman–Crippen MR) is 61.6 cm³/mol. The Labute approximate surface area is 85.2 Å². The van der Waals surface area contributed by atoms with E-state index in [1.165, 1.54) is 11.3 Å². The summed E-state index contributed by atoms with van der Waals surface area (Å²) in [6.07, 6.45) is 1.89. The quantitative estimate of drug-likeness (QED) is 0.760.